The number of aromatic nitrogens is 2. The lowest BCUT2D eigenvalue weighted by atomic mass is 9.87. The number of benzene rings is 3. The molecule has 1 amide bonds. The topological polar surface area (TPSA) is 56.2 Å². The van der Waals surface area contributed by atoms with Crippen LogP contribution in [0.4, 0.5) is 10.1 Å². The van der Waals surface area contributed by atoms with Crippen molar-refractivity contribution in [3.63, 3.8) is 0 Å². The van der Waals surface area contributed by atoms with Crippen LogP contribution in [0.1, 0.15) is 59.2 Å². The monoisotopic (exact) mass is 485 g/mol. The summed E-state index contributed by atoms with van der Waals surface area (Å²) in [5.41, 5.74) is 5.76. The lowest BCUT2D eigenvalue weighted by molar-refractivity contribution is 0.102. The van der Waals surface area contributed by atoms with Crippen LogP contribution in [0.2, 0.25) is 0 Å². The van der Waals surface area contributed by atoms with E-state index in [0.29, 0.717) is 30.1 Å². The Kier molecular flexibility index (Phi) is 7.25. The van der Waals surface area contributed by atoms with Crippen LogP contribution < -0.4 is 10.1 Å². The van der Waals surface area contributed by atoms with Crippen molar-refractivity contribution in [2.24, 2.45) is 0 Å². The van der Waals surface area contributed by atoms with Crippen LogP contribution in [-0.2, 0) is 18.6 Å². The summed E-state index contributed by atoms with van der Waals surface area (Å²) in [4.78, 5) is 13.1. The third-order valence-corrected chi connectivity index (χ3v) is 6.16. The Bertz CT molecular complexity index is 1370. The summed E-state index contributed by atoms with van der Waals surface area (Å²) < 4.78 is 21.3. The van der Waals surface area contributed by atoms with Crippen molar-refractivity contribution in [1.82, 2.24) is 9.78 Å². The molecule has 36 heavy (non-hydrogen) atoms. The van der Waals surface area contributed by atoms with Gasteiger partial charge in [-0.25, -0.2) is 4.39 Å². The van der Waals surface area contributed by atoms with Crippen molar-refractivity contribution in [2.45, 2.75) is 53.2 Å². The van der Waals surface area contributed by atoms with Gasteiger partial charge in [0.2, 0.25) is 0 Å². The Morgan fingerprint density at radius 3 is 2.36 bits per heavy atom. The minimum absolute atomic E-state index is 0.0902. The van der Waals surface area contributed by atoms with Gasteiger partial charge in [0, 0.05) is 5.56 Å². The molecule has 4 aromatic rings. The zero-order valence-electron chi connectivity index (χ0n) is 21.4. The van der Waals surface area contributed by atoms with Gasteiger partial charge in [-0.1, -0.05) is 57.2 Å². The van der Waals surface area contributed by atoms with Crippen molar-refractivity contribution in [3.05, 3.63) is 112 Å². The van der Waals surface area contributed by atoms with E-state index in [4.69, 9.17) is 4.74 Å². The molecule has 0 bridgehead atoms. The summed E-state index contributed by atoms with van der Waals surface area (Å²) in [6, 6.07) is 21.9. The molecule has 1 heterocycles. The number of carbonyl (C=O) groups is 1. The standard InChI is InChI=1S/C30H32FN3O2/c1-20-28(21(2)34(33-20)18-22-8-7-11-26(31)17-22)32-29(35)24-10-6-9-23(16-24)19-36-27-14-12-25(13-15-27)30(3,4)5/h6-17H,18-19H2,1-5H3,(H,32,35). The number of nitrogens with one attached hydrogen (secondary N) is 1. The first kappa shape index (κ1) is 25.2. The molecule has 0 saturated carbocycles. The van der Waals surface area contributed by atoms with Gasteiger partial charge in [-0.2, -0.15) is 5.10 Å². The zero-order chi connectivity index (χ0) is 25.9. The van der Waals surface area contributed by atoms with Gasteiger partial charge in [0.25, 0.3) is 5.91 Å². The molecule has 186 valence electrons. The smallest absolute Gasteiger partial charge is 0.255 e. The minimum Gasteiger partial charge on any atom is -0.489 e. The first-order chi connectivity index (χ1) is 17.1. The fourth-order valence-corrected chi connectivity index (χ4v) is 4.05. The maximum Gasteiger partial charge on any atom is 0.255 e. The van der Waals surface area contributed by atoms with Gasteiger partial charge >= 0.3 is 0 Å². The number of aryl methyl sites for hydroxylation is 1. The van der Waals surface area contributed by atoms with E-state index in [2.05, 4.69) is 43.3 Å². The second kappa shape index (κ2) is 10.4. The molecule has 0 radical (unpaired) electrons. The summed E-state index contributed by atoms with van der Waals surface area (Å²) in [6.07, 6.45) is 0. The molecule has 0 saturated heterocycles. The maximum atomic E-state index is 13.6. The van der Waals surface area contributed by atoms with Gasteiger partial charge in [-0.05, 0) is 72.4 Å². The third-order valence-electron chi connectivity index (χ3n) is 6.16. The zero-order valence-corrected chi connectivity index (χ0v) is 21.4. The number of nitrogens with zero attached hydrogens (tertiary/aromatic N) is 2. The Morgan fingerprint density at radius 1 is 0.972 bits per heavy atom. The number of rotatable bonds is 7. The average Bonchev–Trinajstić information content (AvgIpc) is 3.10. The average molecular weight is 486 g/mol. The molecule has 4 rings (SSSR count). The predicted octanol–water partition coefficient (Wildman–Crippen LogP) is 6.82. The molecular weight excluding hydrogens is 453 g/mol. The summed E-state index contributed by atoms with van der Waals surface area (Å²) in [7, 11) is 0. The number of hydrogen-bond donors (Lipinski definition) is 1. The third kappa shape index (κ3) is 6.00. The molecule has 0 atom stereocenters. The van der Waals surface area contributed by atoms with Gasteiger partial charge in [-0.15, -0.1) is 0 Å². The fourth-order valence-electron chi connectivity index (χ4n) is 4.05. The highest BCUT2D eigenvalue weighted by atomic mass is 19.1. The van der Waals surface area contributed by atoms with Crippen LogP contribution in [0, 0.1) is 19.7 Å². The first-order valence-corrected chi connectivity index (χ1v) is 12.0. The summed E-state index contributed by atoms with van der Waals surface area (Å²) in [5, 5.41) is 7.54. The van der Waals surface area contributed by atoms with Crippen LogP contribution in [0.5, 0.6) is 5.75 Å². The number of amides is 1. The molecule has 0 aliphatic heterocycles. The number of halogens is 1. The van der Waals surface area contributed by atoms with Gasteiger partial charge in [0.05, 0.1) is 23.6 Å². The number of anilines is 1. The van der Waals surface area contributed by atoms with E-state index in [0.717, 1.165) is 22.6 Å². The van der Waals surface area contributed by atoms with E-state index in [-0.39, 0.29) is 17.1 Å². The molecule has 6 heteroatoms. The van der Waals surface area contributed by atoms with Crippen LogP contribution in [0.15, 0.2) is 72.8 Å². The summed E-state index contributed by atoms with van der Waals surface area (Å²) in [5.74, 6) is 0.283. The van der Waals surface area contributed by atoms with Gasteiger partial charge in [0.15, 0.2) is 0 Å². The molecule has 0 unspecified atom stereocenters. The highest BCUT2D eigenvalue weighted by molar-refractivity contribution is 6.05. The molecule has 0 spiro atoms. The van der Waals surface area contributed by atoms with Crippen molar-refractivity contribution in [2.75, 3.05) is 5.32 Å². The molecular formula is C30H32FN3O2. The predicted molar refractivity (Wildman–Crippen MR) is 141 cm³/mol. The number of carbonyl (C=O) groups excluding carboxylic acids is 1. The van der Waals surface area contributed by atoms with Crippen molar-refractivity contribution >= 4 is 11.6 Å². The van der Waals surface area contributed by atoms with Crippen molar-refractivity contribution < 1.29 is 13.9 Å². The Hall–Kier alpha value is -3.93. The molecule has 0 aliphatic rings. The summed E-state index contributed by atoms with van der Waals surface area (Å²) >= 11 is 0. The van der Waals surface area contributed by atoms with Crippen molar-refractivity contribution in [3.8, 4) is 5.75 Å². The van der Waals surface area contributed by atoms with E-state index in [9.17, 15) is 9.18 Å². The molecule has 3 aromatic carbocycles. The fraction of sp³-hybridized carbons (Fsp3) is 0.267. The largest absolute Gasteiger partial charge is 0.489 e. The van der Waals surface area contributed by atoms with E-state index in [1.807, 2.05) is 50.2 Å². The quantitative estimate of drug-likeness (QED) is 0.313. The van der Waals surface area contributed by atoms with Crippen molar-refractivity contribution in [1.29, 1.82) is 0 Å². The SMILES string of the molecule is Cc1nn(Cc2cccc(F)c2)c(C)c1NC(=O)c1cccc(COc2ccc(C(C)(C)C)cc2)c1. The Labute approximate surface area is 211 Å². The molecule has 1 aromatic heterocycles. The van der Waals surface area contributed by atoms with Crippen LogP contribution in [0.25, 0.3) is 0 Å². The first-order valence-electron chi connectivity index (χ1n) is 12.0. The molecule has 0 fully saturated rings. The van der Waals surface area contributed by atoms with Gasteiger partial charge in [-0.3, -0.25) is 9.48 Å². The van der Waals surface area contributed by atoms with E-state index < -0.39 is 0 Å². The highest BCUT2D eigenvalue weighted by Crippen LogP contribution is 2.25. The molecule has 5 nitrogen and oxygen atoms in total. The molecule has 0 aliphatic carbocycles. The highest BCUT2D eigenvalue weighted by Gasteiger charge is 2.16. The van der Waals surface area contributed by atoms with Crippen LogP contribution in [0.3, 0.4) is 0 Å². The van der Waals surface area contributed by atoms with Crippen LogP contribution in [-0.4, -0.2) is 15.7 Å². The number of ether oxygens (including phenoxy) is 1. The Balaban J connectivity index is 1.42. The van der Waals surface area contributed by atoms with Crippen LogP contribution >= 0.6 is 0 Å². The van der Waals surface area contributed by atoms with E-state index in [1.165, 1.54) is 17.7 Å². The van der Waals surface area contributed by atoms with Gasteiger partial charge < -0.3 is 10.1 Å². The normalized spacial score (nSPS) is 11.4. The second-order valence-electron chi connectivity index (χ2n) is 10.1. The lowest BCUT2D eigenvalue weighted by Crippen LogP contribution is -2.14. The van der Waals surface area contributed by atoms with E-state index >= 15 is 0 Å². The maximum absolute atomic E-state index is 13.6. The van der Waals surface area contributed by atoms with E-state index in [1.54, 1.807) is 16.8 Å². The molecule has 1 N–H and O–H groups in total. The second-order valence-corrected chi connectivity index (χ2v) is 10.1. The lowest BCUT2D eigenvalue weighted by Gasteiger charge is -2.19. The van der Waals surface area contributed by atoms with Gasteiger partial charge in [0.1, 0.15) is 18.2 Å². The summed E-state index contributed by atoms with van der Waals surface area (Å²) in [6.45, 7) is 11.1. The number of hydrogen-bond acceptors (Lipinski definition) is 3. The Morgan fingerprint density at radius 2 is 1.67 bits per heavy atom. The minimum atomic E-state index is -0.284.